The highest BCUT2D eigenvalue weighted by molar-refractivity contribution is 6.23. The number of nitro groups is 1. The Morgan fingerprint density at radius 3 is 2.21 bits per heavy atom. The summed E-state index contributed by atoms with van der Waals surface area (Å²) in [6.07, 6.45) is 1.09. The highest BCUT2D eigenvalue weighted by atomic mass is 16.6. The van der Waals surface area contributed by atoms with Crippen LogP contribution in [0, 0.1) is 27.9 Å². The molecule has 5 amide bonds. The number of urea groups is 1. The highest BCUT2D eigenvalue weighted by Crippen LogP contribution is 2.67. The molecule has 3 fully saturated rings. The minimum Gasteiger partial charge on any atom is -0.491 e. The molecular formula is C55H49N9O11. The van der Waals surface area contributed by atoms with Gasteiger partial charge in [-0.15, -0.1) is 0 Å². The fraction of sp³-hybridized carbons (Fsp3) is 0.255. The fourth-order valence-electron chi connectivity index (χ4n) is 10.9. The molecule has 20 heteroatoms. The Kier molecular flexibility index (Phi) is 13.9. The standard InChI is InChI=1S/C55H49N9O11/c56-52(69)57-24-9-11-35-20-23-42-41(33-35)55(51(68)62(42)54(70)74-34-36-18-21-39(22-19-36)64(71)72)44(49(66)60-27-29-61(30-28-60)53-58-25-10-26-59-53)46-50(67)75-47(38-14-5-2-6-15-38)45(37-12-3-1-4-13-37)63(46)48(55)40-16-7-8-17-43(40)73-32-31-65/h1-8,10,12-23,25-26,33,44-48,65H,24,27-32,34H2,(H3,56,57,69). The van der Waals surface area contributed by atoms with E-state index in [9.17, 15) is 24.8 Å². The summed E-state index contributed by atoms with van der Waals surface area (Å²) in [4.78, 5) is 101. The zero-order valence-corrected chi connectivity index (χ0v) is 40.1. The van der Waals surface area contributed by atoms with Gasteiger partial charge in [0.1, 0.15) is 36.5 Å². The molecule has 4 aliphatic rings. The number of hydrogen-bond acceptors (Lipinski definition) is 15. The van der Waals surface area contributed by atoms with Crippen molar-refractivity contribution in [3.63, 3.8) is 0 Å². The zero-order valence-electron chi connectivity index (χ0n) is 40.1. The van der Waals surface area contributed by atoms with Gasteiger partial charge in [0.2, 0.25) is 17.8 Å². The van der Waals surface area contributed by atoms with Gasteiger partial charge in [0, 0.05) is 61.8 Å². The number of amides is 5. The van der Waals surface area contributed by atoms with Crippen molar-refractivity contribution < 1.29 is 48.2 Å². The number of anilines is 2. The molecule has 4 N–H and O–H groups in total. The van der Waals surface area contributed by atoms with Gasteiger partial charge < -0.3 is 40.2 Å². The molecule has 6 atom stereocenters. The summed E-state index contributed by atoms with van der Waals surface area (Å²) in [7, 11) is 0. The maximum atomic E-state index is 16.8. The van der Waals surface area contributed by atoms with E-state index in [4.69, 9.17) is 19.9 Å². The van der Waals surface area contributed by atoms with Gasteiger partial charge in [0.25, 0.3) is 5.69 Å². The Morgan fingerprint density at radius 2 is 1.53 bits per heavy atom. The normalized spacial score (nSPS) is 21.8. The molecule has 0 saturated carbocycles. The van der Waals surface area contributed by atoms with E-state index in [0.717, 1.165) is 4.90 Å². The number of aliphatic hydroxyl groups excluding tert-OH is 1. The Morgan fingerprint density at radius 1 is 0.853 bits per heavy atom. The van der Waals surface area contributed by atoms with Crippen molar-refractivity contribution >= 4 is 47.2 Å². The van der Waals surface area contributed by atoms with Crippen molar-refractivity contribution in [3.8, 4) is 17.6 Å². The first kappa shape index (κ1) is 49.4. The Bertz CT molecular complexity index is 3210. The van der Waals surface area contributed by atoms with E-state index in [-0.39, 0.29) is 55.5 Å². The van der Waals surface area contributed by atoms with Crippen molar-refractivity contribution in [2.24, 2.45) is 11.7 Å². The van der Waals surface area contributed by atoms with E-state index in [0.29, 0.717) is 46.9 Å². The van der Waals surface area contributed by atoms with Crippen molar-refractivity contribution in [1.82, 2.24) is 25.1 Å². The molecule has 0 bridgehead atoms. The largest absolute Gasteiger partial charge is 0.491 e. The molecule has 6 unspecified atom stereocenters. The van der Waals surface area contributed by atoms with E-state index in [2.05, 4.69) is 27.1 Å². The number of fused-ring (bicyclic) bond motifs is 3. The summed E-state index contributed by atoms with van der Waals surface area (Å²) in [6, 6.07) is 32.5. The minimum absolute atomic E-state index is 0.0289. The predicted octanol–water partition coefficient (Wildman–Crippen LogP) is 5.13. The van der Waals surface area contributed by atoms with Crippen molar-refractivity contribution in [2.45, 2.75) is 36.3 Å². The molecule has 1 spiro atoms. The first-order valence-electron chi connectivity index (χ1n) is 24.1. The lowest BCUT2D eigenvalue weighted by Gasteiger charge is -2.46. The lowest BCUT2D eigenvalue weighted by Crippen LogP contribution is -2.59. The summed E-state index contributed by atoms with van der Waals surface area (Å²) >= 11 is 0. The number of rotatable bonds is 12. The molecule has 5 heterocycles. The second-order valence-electron chi connectivity index (χ2n) is 18.1. The molecule has 0 radical (unpaired) electrons. The van der Waals surface area contributed by atoms with E-state index in [1.807, 2.05) is 70.5 Å². The lowest BCUT2D eigenvalue weighted by molar-refractivity contribution is -0.384. The number of imide groups is 1. The van der Waals surface area contributed by atoms with Crippen LogP contribution in [0.2, 0.25) is 0 Å². The number of nitro benzene ring substituents is 1. The number of morpholine rings is 1. The topological polar surface area (TPSA) is 253 Å². The number of hydrogen-bond donors (Lipinski definition) is 3. The number of para-hydroxylation sites is 1. The van der Waals surface area contributed by atoms with Gasteiger partial charge in [-0.25, -0.2) is 24.5 Å². The van der Waals surface area contributed by atoms with Crippen LogP contribution in [0.5, 0.6) is 5.75 Å². The fourth-order valence-corrected chi connectivity index (χ4v) is 10.9. The van der Waals surface area contributed by atoms with Crippen LogP contribution in [0.4, 0.5) is 26.9 Å². The monoisotopic (exact) mass is 1010 g/mol. The summed E-state index contributed by atoms with van der Waals surface area (Å²) in [5, 5.41) is 24.1. The molecule has 380 valence electrons. The number of nitrogens with one attached hydrogen (secondary N) is 1. The van der Waals surface area contributed by atoms with Gasteiger partial charge in [-0.3, -0.25) is 29.4 Å². The molecule has 4 aliphatic heterocycles. The number of aliphatic hydroxyl groups is 1. The second-order valence-corrected chi connectivity index (χ2v) is 18.1. The number of carbonyl (C=O) groups is 5. The number of piperazine rings is 1. The second kappa shape index (κ2) is 21.1. The van der Waals surface area contributed by atoms with Gasteiger partial charge in [-0.05, 0) is 64.7 Å². The number of primary amides is 1. The van der Waals surface area contributed by atoms with Crippen LogP contribution in [-0.2, 0) is 35.9 Å². The number of cyclic esters (lactones) is 1. The van der Waals surface area contributed by atoms with Crippen LogP contribution in [0.25, 0.3) is 0 Å². The minimum atomic E-state index is -2.22. The zero-order chi connectivity index (χ0) is 52.2. The van der Waals surface area contributed by atoms with E-state index in [1.54, 1.807) is 59.8 Å². The molecule has 75 heavy (non-hydrogen) atoms. The molecule has 0 aliphatic carbocycles. The Hall–Kier alpha value is -9.19. The van der Waals surface area contributed by atoms with Gasteiger partial charge in [0.05, 0.1) is 41.8 Å². The number of benzene rings is 5. The summed E-state index contributed by atoms with van der Waals surface area (Å²) in [5.41, 5.74) is 5.47. The summed E-state index contributed by atoms with van der Waals surface area (Å²) in [5.74, 6) is 2.65. The van der Waals surface area contributed by atoms with Gasteiger partial charge >= 0.3 is 18.1 Å². The van der Waals surface area contributed by atoms with Gasteiger partial charge in [0.15, 0.2) is 0 Å². The first-order chi connectivity index (χ1) is 36.5. The molecule has 3 saturated heterocycles. The number of carbonyl (C=O) groups excluding carboxylic acids is 5. The molecule has 6 aromatic rings. The number of ether oxygens (including phenoxy) is 3. The Labute approximate surface area is 429 Å². The van der Waals surface area contributed by atoms with Gasteiger partial charge in [-0.1, -0.05) is 90.7 Å². The van der Waals surface area contributed by atoms with E-state index in [1.165, 1.54) is 30.3 Å². The lowest BCUT2D eigenvalue weighted by atomic mass is 9.64. The van der Waals surface area contributed by atoms with Crippen LogP contribution in [-0.4, -0.2) is 112 Å². The van der Waals surface area contributed by atoms with Gasteiger partial charge in [-0.2, -0.15) is 0 Å². The van der Waals surface area contributed by atoms with Crippen LogP contribution >= 0.6 is 0 Å². The molecule has 20 nitrogen and oxygen atoms in total. The molecule has 10 rings (SSSR count). The van der Waals surface area contributed by atoms with Crippen LogP contribution in [0.3, 0.4) is 0 Å². The number of nitrogens with two attached hydrogens (primary N) is 1. The average molecular weight is 1010 g/mol. The van der Waals surface area contributed by atoms with Crippen molar-refractivity contribution in [3.05, 3.63) is 189 Å². The highest BCUT2D eigenvalue weighted by Gasteiger charge is 2.76. The average Bonchev–Trinajstić information content (AvgIpc) is 3.91. The Balaban J connectivity index is 1.22. The van der Waals surface area contributed by atoms with Crippen LogP contribution in [0.1, 0.15) is 51.6 Å². The third-order valence-electron chi connectivity index (χ3n) is 14.0. The van der Waals surface area contributed by atoms with E-state index < -0.39 is 77.0 Å². The maximum absolute atomic E-state index is 16.8. The third-order valence-corrected chi connectivity index (χ3v) is 14.0. The summed E-state index contributed by atoms with van der Waals surface area (Å²) < 4.78 is 18.8. The SMILES string of the molecule is NC(=O)NCC#Cc1ccc2c(c1)C1(C(=O)N2C(=O)OCc2ccc([N+](=O)[O-])cc2)C(C(=O)N2CCN(c3ncccn3)CC2)C2C(=O)OC(c3ccccc3)C(c3ccccc3)N2C1c1ccccc1OCCO. The molecule has 5 aromatic carbocycles. The maximum Gasteiger partial charge on any atom is 0.421 e. The van der Waals surface area contributed by atoms with Crippen molar-refractivity contribution in [1.29, 1.82) is 0 Å². The number of esters is 1. The quantitative estimate of drug-likeness (QED) is 0.0622. The smallest absolute Gasteiger partial charge is 0.421 e. The van der Waals surface area contributed by atoms with Crippen LogP contribution < -0.4 is 25.6 Å². The molecule has 1 aromatic heterocycles. The number of nitrogens with zero attached hydrogens (tertiary/aromatic N) is 7. The molecular weight excluding hydrogens is 963 g/mol. The number of aromatic nitrogens is 2. The van der Waals surface area contributed by atoms with Crippen LogP contribution in [0.15, 0.2) is 146 Å². The summed E-state index contributed by atoms with van der Waals surface area (Å²) in [6.45, 7) is -0.254. The van der Waals surface area contributed by atoms with Crippen molar-refractivity contribution in [2.75, 3.05) is 55.7 Å². The third kappa shape index (κ3) is 9.19. The predicted molar refractivity (Wildman–Crippen MR) is 270 cm³/mol. The van der Waals surface area contributed by atoms with E-state index >= 15 is 14.4 Å². The first-order valence-corrected chi connectivity index (χ1v) is 24.1. The number of non-ortho nitro benzene ring substituents is 1.